The summed E-state index contributed by atoms with van der Waals surface area (Å²) >= 11 is 1.33. The van der Waals surface area contributed by atoms with Crippen LogP contribution in [0.3, 0.4) is 0 Å². The Balaban J connectivity index is 1.60. The van der Waals surface area contributed by atoms with E-state index in [1.165, 1.54) is 27.5 Å². The molecule has 0 radical (unpaired) electrons. The van der Waals surface area contributed by atoms with E-state index in [0.29, 0.717) is 31.1 Å². The summed E-state index contributed by atoms with van der Waals surface area (Å²) in [5.41, 5.74) is 2.13. The zero-order chi connectivity index (χ0) is 18.0. The number of aryl methyl sites for hydroxylation is 1. The standard InChI is InChI=1S/C16H20N4O3S2/c1-11-3-5-13(6-4-11)15-18-19-16(24-15)17-14(21)12-7-9-20(10-8-12)25(2,22)23/h3-6,12H,7-10H2,1-2H3,(H,17,19,21). The highest BCUT2D eigenvalue weighted by molar-refractivity contribution is 7.88. The average Bonchev–Trinajstić information content (AvgIpc) is 3.03. The van der Waals surface area contributed by atoms with E-state index in [1.807, 2.05) is 31.2 Å². The van der Waals surface area contributed by atoms with Gasteiger partial charge in [0.15, 0.2) is 0 Å². The van der Waals surface area contributed by atoms with Crippen molar-refractivity contribution in [3.63, 3.8) is 0 Å². The zero-order valence-electron chi connectivity index (χ0n) is 14.1. The maximum atomic E-state index is 12.4. The first-order valence-corrected chi connectivity index (χ1v) is 10.7. The maximum Gasteiger partial charge on any atom is 0.229 e. The van der Waals surface area contributed by atoms with Gasteiger partial charge < -0.3 is 5.32 Å². The molecule has 0 saturated carbocycles. The molecule has 1 aliphatic rings. The Morgan fingerprint density at radius 3 is 2.44 bits per heavy atom. The van der Waals surface area contributed by atoms with Crippen LogP contribution in [0.1, 0.15) is 18.4 Å². The Morgan fingerprint density at radius 2 is 1.84 bits per heavy atom. The monoisotopic (exact) mass is 380 g/mol. The highest BCUT2D eigenvalue weighted by atomic mass is 32.2. The van der Waals surface area contributed by atoms with Crippen molar-refractivity contribution in [2.75, 3.05) is 24.7 Å². The smallest absolute Gasteiger partial charge is 0.229 e. The number of nitrogens with zero attached hydrogens (tertiary/aromatic N) is 3. The summed E-state index contributed by atoms with van der Waals surface area (Å²) in [5.74, 6) is -0.329. The van der Waals surface area contributed by atoms with Crippen LogP contribution in [0.4, 0.5) is 5.13 Å². The predicted molar refractivity (Wildman–Crippen MR) is 97.9 cm³/mol. The van der Waals surface area contributed by atoms with Crippen LogP contribution in [0.25, 0.3) is 10.6 Å². The number of aromatic nitrogens is 2. The molecular weight excluding hydrogens is 360 g/mol. The van der Waals surface area contributed by atoms with E-state index in [9.17, 15) is 13.2 Å². The van der Waals surface area contributed by atoms with Crippen molar-refractivity contribution in [3.8, 4) is 10.6 Å². The molecule has 1 aliphatic heterocycles. The maximum absolute atomic E-state index is 12.4. The molecule has 0 atom stereocenters. The number of amides is 1. The molecule has 3 rings (SSSR count). The van der Waals surface area contributed by atoms with E-state index < -0.39 is 10.0 Å². The number of carbonyl (C=O) groups is 1. The highest BCUT2D eigenvalue weighted by Crippen LogP contribution is 2.27. The fraction of sp³-hybridized carbons (Fsp3) is 0.438. The number of hydrogen-bond donors (Lipinski definition) is 1. The zero-order valence-corrected chi connectivity index (χ0v) is 15.7. The van der Waals surface area contributed by atoms with Crippen LogP contribution in [0.2, 0.25) is 0 Å². The fourth-order valence-corrected chi connectivity index (χ4v) is 4.37. The molecule has 0 bridgehead atoms. The van der Waals surface area contributed by atoms with E-state index in [1.54, 1.807) is 0 Å². The molecule has 0 aliphatic carbocycles. The molecule has 1 saturated heterocycles. The Kier molecular flexibility index (Phi) is 5.16. The van der Waals surface area contributed by atoms with Crippen LogP contribution in [-0.4, -0.2) is 48.2 Å². The largest absolute Gasteiger partial charge is 0.300 e. The van der Waals surface area contributed by atoms with E-state index in [2.05, 4.69) is 15.5 Å². The molecule has 1 N–H and O–H groups in total. The Labute approximate surface area is 151 Å². The molecular formula is C16H20N4O3S2. The minimum Gasteiger partial charge on any atom is -0.300 e. The SMILES string of the molecule is Cc1ccc(-c2nnc(NC(=O)C3CCN(S(C)(=O)=O)CC3)s2)cc1. The lowest BCUT2D eigenvalue weighted by Crippen LogP contribution is -2.40. The molecule has 7 nitrogen and oxygen atoms in total. The van der Waals surface area contributed by atoms with Crippen LogP contribution in [0, 0.1) is 12.8 Å². The number of piperidine rings is 1. The number of sulfonamides is 1. The third kappa shape index (κ3) is 4.42. The molecule has 25 heavy (non-hydrogen) atoms. The molecule has 1 fully saturated rings. The summed E-state index contributed by atoms with van der Waals surface area (Å²) in [6.45, 7) is 2.77. The summed E-state index contributed by atoms with van der Waals surface area (Å²) in [7, 11) is -3.18. The lowest BCUT2D eigenvalue weighted by Gasteiger charge is -2.29. The van der Waals surface area contributed by atoms with Gasteiger partial charge in [-0.2, -0.15) is 0 Å². The van der Waals surface area contributed by atoms with Gasteiger partial charge in [-0.05, 0) is 19.8 Å². The molecule has 1 amide bonds. The minimum absolute atomic E-state index is 0.125. The van der Waals surface area contributed by atoms with Crippen molar-refractivity contribution in [2.45, 2.75) is 19.8 Å². The number of carbonyl (C=O) groups excluding carboxylic acids is 1. The van der Waals surface area contributed by atoms with Crippen LogP contribution < -0.4 is 5.32 Å². The molecule has 2 heterocycles. The van der Waals surface area contributed by atoms with Crippen molar-refractivity contribution in [1.29, 1.82) is 0 Å². The molecule has 134 valence electrons. The molecule has 2 aromatic rings. The normalized spacial score (nSPS) is 16.7. The van der Waals surface area contributed by atoms with Gasteiger partial charge in [0.2, 0.25) is 21.1 Å². The van der Waals surface area contributed by atoms with Crippen molar-refractivity contribution in [1.82, 2.24) is 14.5 Å². The van der Waals surface area contributed by atoms with Gasteiger partial charge in [0.05, 0.1) is 6.26 Å². The second-order valence-electron chi connectivity index (χ2n) is 6.20. The van der Waals surface area contributed by atoms with Gasteiger partial charge in [0, 0.05) is 24.6 Å². The molecule has 0 unspecified atom stereocenters. The summed E-state index contributed by atoms with van der Waals surface area (Å²) in [5, 5.41) is 12.2. The highest BCUT2D eigenvalue weighted by Gasteiger charge is 2.29. The third-order valence-corrected chi connectivity index (χ3v) is 6.44. The van der Waals surface area contributed by atoms with Crippen molar-refractivity contribution in [2.24, 2.45) is 5.92 Å². The van der Waals surface area contributed by atoms with Gasteiger partial charge in [0.25, 0.3) is 0 Å². The average molecular weight is 380 g/mol. The van der Waals surface area contributed by atoms with Gasteiger partial charge in [0.1, 0.15) is 5.01 Å². The van der Waals surface area contributed by atoms with Gasteiger partial charge in [-0.25, -0.2) is 12.7 Å². The van der Waals surface area contributed by atoms with E-state index in [-0.39, 0.29) is 11.8 Å². The fourth-order valence-electron chi connectivity index (χ4n) is 2.74. The summed E-state index contributed by atoms with van der Waals surface area (Å²) in [6.07, 6.45) is 2.23. The predicted octanol–water partition coefficient (Wildman–Crippen LogP) is 2.12. The van der Waals surface area contributed by atoms with Crippen LogP contribution in [0.15, 0.2) is 24.3 Å². The first-order valence-electron chi connectivity index (χ1n) is 7.99. The Morgan fingerprint density at radius 1 is 1.20 bits per heavy atom. The van der Waals surface area contributed by atoms with E-state index in [0.717, 1.165) is 10.6 Å². The van der Waals surface area contributed by atoms with Crippen molar-refractivity contribution >= 4 is 32.4 Å². The van der Waals surface area contributed by atoms with Gasteiger partial charge in [-0.1, -0.05) is 41.2 Å². The molecule has 9 heteroatoms. The first-order chi connectivity index (χ1) is 11.8. The Bertz CT molecular complexity index is 854. The summed E-state index contributed by atoms with van der Waals surface area (Å²) < 4.78 is 24.5. The van der Waals surface area contributed by atoms with E-state index in [4.69, 9.17) is 0 Å². The number of nitrogens with one attached hydrogen (secondary N) is 1. The van der Waals surface area contributed by atoms with Crippen LogP contribution >= 0.6 is 11.3 Å². The molecule has 1 aromatic heterocycles. The van der Waals surface area contributed by atoms with Crippen LogP contribution in [-0.2, 0) is 14.8 Å². The van der Waals surface area contributed by atoms with Gasteiger partial charge in [-0.3, -0.25) is 4.79 Å². The second kappa shape index (κ2) is 7.19. The van der Waals surface area contributed by atoms with Crippen molar-refractivity contribution < 1.29 is 13.2 Å². The molecule has 1 aromatic carbocycles. The molecule has 0 spiro atoms. The summed E-state index contributed by atoms with van der Waals surface area (Å²) in [6, 6.07) is 7.96. The summed E-state index contributed by atoms with van der Waals surface area (Å²) in [4.78, 5) is 12.4. The Hall–Kier alpha value is -1.84. The number of benzene rings is 1. The van der Waals surface area contributed by atoms with Crippen molar-refractivity contribution in [3.05, 3.63) is 29.8 Å². The van der Waals surface area contributed by atoms with Crippen LogP contribution in [0.5, 0.6) is 0 Å². The van der Waals surface area contributed by atoms with Gasteiger partial charge >= 0.3 is 0 Å². The quantitative estimate of drug-likeness (QED) is 0.877. The number of hydrogen-bond acceptors (Lipinski definition) is 6. The first kappa shape index (κ1) is 18.0. The number of rotatable bonds is 4. The van der Waals surface area contributed by atoms with Gasteiger partial charge in [-0.15, -0.1) is 10.2 Å². The lowest BCUT2D eigenvalue weighted by atomic mass is 9.97. The lowest BCUT2D eigenvalue weighted by molar-refractivity contribution is -0.120. The third-order valence-electron chi connectivity index (χ3n) is 4.25. The van der Waals surface area contributed by atoms with E-state index >= 15 is 0 Å². The minimum atomic E-state index is -3.18. The topological polar surface area (TPSA) is 92.3 Å². The number of anilines is 1. The second-order valence-corrected chi connectivity index (χ2v) is 9.16.